The molecular weight excluding hydrogens is 424 g/mol. The maximum absolute atomic E-state index is 12.4. The molecule has 3 rings (SSSR count). The fourth-order valence-corrected chi connectivity index (χ4v) is 4.93. The maximum Gasteiger partial charge on any atom is 0.327 e. The van der Waals surface area contributed by atoms with Crippen LogP contribution in [0.2, 0.25) is 5.02 Å². The second-order valence-corrected chi connectivity index (χ2v) is 9.22. The number of methoxy groups -OCH3 is 1. The van der Waals surface area contributed by atoms with E-state index in [1.54, 1.807) is 23.9 Å². The first kappa shape index (κ1) is 20.8. The lowest BCUT2D eigenvalue weighted by atomic mass is 10.0. The lowest BCUT2D eigenvalue weighted by Gasteiger charge is -2.38. The van der Waals surface area contributed by atoms with Crippen LogP contribution in [0.15, 0.2) is 28.6 Å². The molecule has 1 aromatic heterocycles. The summed E-state index contributed by atoms with van der Waals surface area (Å²) < 4.78 is 8.69. The minimum absolute atomic E-state index is 0.253. The van der Waals surface area contributed by atoms with Crippen LogP contribution in [0.25, 0.3) is 0 Å². The summed E-state index contributed by atoms with van der Waals surface area (Å²) >= 11 is 14.5. The number of nitrogens with zero attached hydrogens (tertiary/aromatic N) is 4. The molecule has 0 bridgehead atoms. The number of halogens is 1. The monoisotopic (exact) mass is 444 g/mol. The molecule has 10 heteroatoms. The summed E-state index contributed by atoms with van der Waals surface area (Å²) in [5, 5.41) is 5.18. The molecule has 1 aliphatic rings. The van der Waals surface area contributed by atoms with Crippen molar-refractivity contribution in [1.29, 1.82) is 0 Å². The molecule has 1 aliphatic heterocycles. The molecule has 1 aromatic carbocycles. The average molecular weight is 445 g/mol. The molecule has 6 nitrogen and oxygen atoms in total. The number of thioether (sulfide) groups is 1. The van der Waals surface area contributed by atoms with E-state index in [1.807, 2.05) is 23.1 Å². The van der Waals surface area contributed by atoms with Crippen LogP contribution in [0.3, 0.4) is 0 Å². The molecule has 0 amide bonds. The van der Waals surface area contributed by atoms with Crippen LogP contribution in [0.4, 0.5) is 0 Å². The van der Waals surface area contributed by atoms with E-state index in [-0.39, 0.29) is 5.97 Å². The van der Waals surface area contributed by atoms with Gasteiger partial charge in [-0.05, 0) is 36.2 Å². The van der Waals surface area contributed by atoms with Crippen molar-refractivity contribution in [1.82, 2.24) is 19.6 Å². The van der Waals surface area contributed by atoms with Gasteiger partial charge in [0, 0.05) is 31.2 Å². The van der Waals surface area contributed by atoms with E-state index in [1.165, 1.54) is 18.4 Å². The number of ether oxygens (including phenoxy) is 1. The SMILES string of the molecule is COC(=O)[C@@H](c1ccc(Cl)cc1)N1CCN(Cn2nc(SC)sc2=S)CC1. The van der Waals surface area contributed by atoms with E-state index in [0.29, 0.717) is 11.7 Å². The third kappa shape index (κ3) is 5.10. The fourth-order valence-electron chi connectivity index (χ4n) is 3.06. The van der Waals surface area contributed by atoms with Gasteiger partial charge in [0.15, 0.2) is 8.29 Å². The number of piperazine rings is 1. The van der Waals surface area contributed by atoms with Gasteiger partial charge in [0.25, 0.3) is 0 Å². The van der Waals surface area contributed by atoms with Crippen molar-refractivity contribution in [2.75, 3.05) is 39.5 Å². The Labute approximate surface area is 177 Å². The maximum atomic E-state index is 12.4. The first-order chi connectivity index (χ1) is 13.0. The molecular formula is C17H21ClN4O2S3. The predicted molar refractivity (Wildman–Crippen MR) is 112 cm³/mol. The number of esters is 1. The number of hydrogen-bond donors (Lipinski definition) is 0. The summed E-state index contributed by atoms with van der Waals surface area (Å²) in [6, 6.07) is 6.95. The zero-order chi connectivity index (χ0) is 19.4. The number of carbonyl (C=O) groups is 1. The van der Waals surface area contributed by atoms with Crippen LogP contribution < -0.4 is 0 Å². The summed E-state index contributed by atoms with van der Waals surface area (Å²) in [5.74, 6) is -0.253. The smallest absolute Gasteiger partial charge is 0.327 e. The van der Waals surface area contributed by atoms with E-state index in [2.05, 4.69) is 14.9 Å². The van der Waals surface area contributed by atoms with Crippen LogP contribution in [0.5, 0.6) is 0 Å². The van der Waals surface area contributed by atoms with E-state index < -0.39 is 6.04 Å². The highest BCUT2D eigenvalue weighted by molar-refractivity contribution is 8.00. The van der Waals surface area contributed by atoms with Crippen molar-refractivity contribution in [3.63, 3.8) is 0 Å². The Hall–Kier alpha value is -0.970. The Balaban J connectivity index is 1.66. The highest BCUT2D eigenvalue weighted by atomic mass is 35.5. The summed E-state index contributed by atoms with van der Waals surface area (Å²) in [6.07, 6.45) is 2.00. The molecule has 146 valence electrons. The number of rotatable bonds is 6. The number of benzene rings is 1. The molecule has 0 N–H and O–H groups in total. The minimum atomic E-state index is -0.418. The van der Waals surface area contributed by atoms with Gasteiger partial charge in [-0.25, -0.2) is 9.48 Å². The molecule has 0 aliphatic carbocycles. The van der Waals surface area contributed by atoms with Crippen molar-refractivity contribution in [3.8, 4) is 0 Å². The topological polar surface area (TPSA) is 50.6 Å². The number of carbonyl (C=O) groups excluding carboxylic acids is 1. The largest absolute Gasteiger partial charge is 0.468 e. The molecule has 0 unspecified atom stereocenters. The van der Waals surface area contributed by atoms with Crippen molar-refractivity contribution in [2.45, 2.75) is 17.1 Å². The van der Waals surface area contributed by atoms with Gasteiger partial charge in [0.2, 0.25) is 0 Å². The van der Waals surface area contributed by atoms with Gasteiger partial charge >= 0.3 is 5.97 Å². The number of aromatic nitrogens is 2. The second-order valence-electron chi connectivity index (χ2n) is 6.11. The van der Waals surface area contributed by atoms with Crippen LogP contribution in [-0.4, -0.2) is 65.1 Å². The molecule has 1 atom stereocenters. The molecule has 1 saturated heterocycles. The second kappa shape index (κ2) is 9.49. The first-order valence-corrected chi connectivity index (χ1v) is 11.3. The Kier molecular flexibility index (Phi) is 7.29. The third-order valence-corrected chi connectivity index (χ3v) is 7.01. The first-order valence-electron chi connectivity index (χ1n) is 8.43. The highest BCUT2D eigenvalue weighted by Gasteiger charge is 2.31. The fraction of sp³-hybridized carbons (Fsp3) is 0.471. The average Bonchev–Trinajstić information content (AvgIpc) is 3.04. The Morgan fingerprint density at radius 1 is 1.33 bits per heavy atom. The third-order valence-electron chi connectivity index (χ3n) is 4.48. The van der Waals surface area contributed by atoms with E-state index >= 15 is 0 Å². The molecule has 2 heterocycles. The summed E-state index contributed by atoms with van der Waals surface area (Å²) in [7, 11) is 1.43. The van der Waals surface area contributed by atoms with Crippen molar-refractivity contribution in [2.24, 2.45) is 0 Å². The van der Waals surface area contributed by atoms with Gasteiger partial charge in [-0.1, -0.05) is 46.8 Å². The van der Waals surface area contributed by atoms with Crippen molar-refractivity contribution >= 4 is 52.9 Å². The summed E-state index contributed by atoms with van der Waals surface area (Å²) in [6.45, 7) is 3.85. The molecule has 1 fully saturated rings. The Morgan fingerprint density at radius 3 is 2.56 bits per heavy atom. The van der Waals surface area contributed by atoms with Gasteiger partial charge in [-0.15, -0.1) is 0 Å². The van der Waals surface area contributed by atoms with Gasteiger partial charge in [-0.3, -0.25) is 9.80 Å². The Morgan fingerprint density at radius 2 is 2.00 bits per heavy atom. The molecule has 0 spiro atoms. The zero-order valence-electron chi connectivity index (χ0n) is 15.1. The molecule has 0 saturated carbocycles. The molecule has 27 heavy (non-hydrogen) atoms. The minimum Gasteiger partial charge on any atom is -0.468 e. The van der Waals surface area contributed by atoms with Gasteiger partial charge < -0.3 is 4.74 Å². The quantitative estimate of drug-likeness (QED) is 0.383. The van der Waals surface area contributed by atoms with E-state index in [9.17, 15) is 4.79 Å². The number of hydrogen-bond acceptors (Lipinski definition) is 8. The highest BCUT2D eigenvalue weighted by Crippen LogP contribution is 2.25. The lowest BCUT2D eigenvalue weighted by Crippen LogP contribution is -2.49. The van der Waals surface area contributed by atoms with Crippen molar-refractivity contribution < 1.29 is 9.53 Å². The zero-order valence-corrected chi connectivity index (χ0v) is 18.3. The van der Waals surface area contributed by atoms with Crippen LogP contribution in [0.1, 0.15) is 11.6 Å². The van der Waals surface area contributed by atoms with Crippen LogP contribution >= 0.6 is 46.9 Å². The normalized spacial score (nSPS) is 17.0. The van der Waals surface area contributed by atoms with Crippen LogP contribution in [0, 0.1) is 3.95 Å². The van der Waals surface area contributed by atoms with Crippen LogP contribution in [-0.2, 0) is 16.2 Å². The lowest BCUT2D eigenvalue weighted by molar-refractivity contribution is -0.148. The standard InChI is InChI=1S/C17H21ClN4O2S3/c1-24-15(23)14(12-3-5-13(18)6-4-12)21-9-7-20(8-10-21)11-22-17(25)27-16(19-22)26-2/h3-6,14H,7-11H2,1-2H3/t14-/m1/s1. The van der Waals surface area contributed by atoms with E-state index in [0.717, 1.165) is 40.0 Å². The molecule has 0 radical (unpaired) electrons. The van der Waals surface area contributed by atoms with E-state index in [4.69, 9.17) is 28.6 Å². The van der Waals surface area contributed by atoms with Crippen molar-refractivity contribution in [3.05, 3.63) is 38.8 Å². The summed E-state index contributed by atoms with van der Waals surface area (Å²) in [4.78, 5) is 16.9. The predicted octanol–water partition coefficient (Wildman–Crippen LogP) is 3.54. The van der Waals surface area contributed by atoms with Gasteiger partial charge in [0.1, 0.15) is 6.04 Å². The Bertz CT molecular complexity index is 831. The van der Waals surface area contributed by atoms with Gasteiger partial charge in [-0.2, -0.15) is 5.10 Å². The van der Waals surface area contributed by atoms with Gasteiger partial charge in [0.05, 0.1) is 13.8 Å². The molecule has 2 aromatic rings. The summed E-state index contributed by atoms with van der Waals surface area (Å²) in [5.41, 5.74) is 0.894.